The Kier molecular flexibility index (Phi) is 6.09. The molecule has 0 aromatic heterocycles. The minimum Gasteiger partial charge on any atom is -0.466 e. The predicted molar refractivity (Wildman–Crippen MR) is 54.8 cm³/mol. The SMILES string of the molecule is CCOC(=O)CC/C(C)=N/N=C(N)N. The summed E-state index contributed by atoms with van der Waals surface area (Å²) in [6, 6.07) is 0. The van der Waals surface area contributed by atoms with E-state index in [9.17, 15) is 4.79 Å². The zero-order valence-corrected chi connectivity index (χ0v) is 8.49. The molecule has 0 unspecified atom stereocenters. The van der Waals surface area contributed by atoms with Gasteiger partial charge in [-0.3, -0.25) is 4.79 Å². The molecule has 80 valence electrons. The van der Waals surface area contributed by atoms with Crippen LogP contribution >= 0.6 is 0 Å². The maximum atomic E-state index is 10.9. The first kappa shape index (κ1) is 12.4. The molecule has 0 rings (SSSR count). The predicted octanol–water partition coefficient (Wildman–Crippen LogP) is -0.0210. The highest BCUT2D eigenvalue weighted by molar-refractivity contribution is 5.86. The summed E-state index contributed by atoms with van der Waals surface area (Å²) in [7, 11) is 0. The van der Waals surface area contributed by atoms with Crippen molar-refractivity contribution >= 4 is 17.6 Å². The molecule has 0 aliphatic carbocycles. The Balaban J connectivity index is 3.84. The minimum absolute atomic E-state index is 0.0968. The highest BCUT2D eigenvalue weighted by Gasteiger charge is 2.02. The summed E-state index contributed by atoms with van der Waals surface area (Å²) >= 11 is 0. The van der Waals surface area contributed by atoms with E-state index in [1.54, 1.807) is 13.8 Å². The Hall–Kier alpha value is -1.59. The number of hydrogen-bond donors (Lipinski definition) is 2. The third kappa shape index (κ3) is 7.08. The van der Waals surface area contributed by atoms with E-state index in [1.807, 2.05) is 0 Å². The van der Waals surface area contributed by atoms with E-state index >= 15 is 0 Å². The molecule has 0 amide bonds. The van der Waals surface area contributed by atoms with Crippen molar-refractivity contribution in [1.29, 1.82) is 0 Å². The van der Waals surface area contributed by atoms with Crippen molar-refractivity contribution in [3.8, 4) is 0 Å². The monoisotopic (exact) mass is 200 g/mol. The molecule has 0 aromatic carbocycles. The number of esters is 1. The summed E-state index contributed by atoms with van der Waals surface area (Å²) < 4.78 is 4.74. The van der Waals surface area contributed by atoms with Crippen LogP contribution in [-0.4, -0.2) is 24.2 Å². The molecule has 0 aliphatic heterocycles. The van der Waals surface area contributed by atoms with E-state index in [0.717, 1.165) is 0 Å². The van der Waals surface area contributed by atoms with Crippen molar-refractivity contribution in [1.82, 2.24) is 0 Å². The normalized spacial score (nSPS) is 10.9. The van der Waals surface area contributed by atoms with Crippen LogP contribution in [0.25, 0.3) is 0 Å². The van der Waals surface area contributed by atoms with Crippen LogP contribution in [0.2, 0.25) is 0 Å². The van der Waals surface area contributed by atoms with Gasteiger partial charge < -0.3 is 16.2 Å². The maximum absolute atomic E-state index is 10.9. The number of hydrogen-bond acceptors (Lipinski definition) is 4. The zero-order valence-electron chi connectivity index (χ0n) is 8.49. The third-order valence-electron chi connectivity index (χ3n) is 1.33. The molecule has 0 atom stereocenters. The number of nitrogens with zero attached hydrogens (tertiary/aromatic N) is 2. The number of rotatable bonds is 5. The van der Waals surface area contributed by atoms with E-state index in [-0.39, 0.29) is 11.9 Å². The molecule has 0 saturated carbocycles. The lowest BCUT2D eigenvalue weighted by Crippen LogP contribution is -2.22. The van der Waals surface area contributed by atoms with Crippen LogP contribution in [-0.2, 0) is 9.53 Å². The zero-order chi connectivity index (χ0) is 11.0. The lowest BCUT2D eigenvalue weighted by atomic mass is 10.2. The van der Waals surface area contributed by atoms with Crippen LogP contribution in [0.4, 0.5) is 0 Å². The maximum Gasteiger partial charge on any atom is 0.306 e. The molecule has 0 fully saturated rings. The minimum atomic E-state index is -0.244. The van der Waals surface area contributed by atoms with Gasteiger partial charge in [0.05, 0.1) is 13.0 Å². The number of ether oxygens (including phenoxy) is 1. The topological polar surface area (TPSA) is 103 Å². The van der Waals surface area contributed by atoms with Gasteiger partial charge in [0.25, 0.3) is 0 Å². The first-order chi connectivity index (χ1) is 6.56. The molecule has 6 nitrogen and oxygen atoms in total. The molecule has 0 aliphatic rings. The largest absolute Gasteiger partial charge is 0.466 e. The summed E-state index contributed by atoms with van der Waals surface area (Å²) in [5, 5.41) is 7.16. The van der Waals surface area contributed by atoms with Crippen molar-refractivity contribution in [2.24, 2.45) is 21.7 Å². The molecule has 6 heteroatoms. The second-order valence-corrected chi connectivity index (χ2v) is 2.67. The van der Waals surface area contributed by atoms with Gasteiger partial charge >= 0.3 is 5.97 Å². The summed E-state index contributed by atoms with van der Waals surface area (Å²) in [4.78, 5) is 10.9. The van der Waals surface area contributed by atoms with Gasteiger partial charge in [-0.15, -0.1) is 5.10 Å². The molecule has 0 radical (unpaired) electrons. The van der Waals surface area contributed by atoms with Crippen LogP contribution in [0, 0.1) is 0 Å². The number of carbonyl (C=O) groups excluding carboxylic acids is 1. The Labute approximate surface area is 83.0 Å². The fourth-order valence-electron chi connectivity index (χ4n) is 0.709. The molecule has 0 bridgehead atoms. The number of carbonyl (C=O) groups is 1. The van der Waals surface area contributed by atoms with Crippen LogP contribution in [0.15, 0.2) is 10.2 Å². The summed E-state index contributed by atoms with van der Waals surface area (Å²) in [6.45, 7) is 3.90. The highest BCUT2D eigenvalue weighted by atomic mass is 16.5. The quantitative estimate of drug-likeness (QED) is 0.281. The van der Waals surface area contributed by atoms with Gasteiger partial charge in [0.15, 0.2) is 0 Å². The van der Waals surface area contributed by atoms with Crippen LogP contribution in [0.5, 0.6) is 0 Å². The average molecular weight is 200 g/mol. The lowest BCUT2D eigenvalue weighted by Gasteiger charge is -2.00. The third-order valence-corrected chi connectivity index (χ3v) is 1.33. The van der Waals surface area contributed by atoms with Crippen LogP contribution in [0.3, 0.4) is 0 Å². The molecule has 0 spiro atoms. The molecule has 0 aromatic rings. The molecular formula is C8H16N4O2. The van der Waals surface area contributed by atoms with Gasteiger partial charge in [-0.25, -0.2) is 0 Å². The molecule has 14 heavy (non-hydrogen) atoms. The molecule has 0 saturated heterocycles. The second kappa shape index (κ2) is 6.88. The fraction of sp³-hybridized carbons (Fsp3) is 0.625. The molecule has 4 N–H and O–H groups in total. The van der Waals surface area contributed by atoms with E-state index in [1.165, 1.54) is 0 Å². The van der Waals surface area contributed by atoms with E-state index in [2.05, 4.69) is 10.2 Å². The average Bonchev–Trinajstić information content (AvgIpc) is 2.12. The Morgan fingerprint density at radius 3 is 2.43 bits per heavy atom. The second-order valence-electron chi connectivity index (χ2n) is 2.67. The lowest BCUT2D eigenvalue weighted by molar-refractivity contribution is -0.142. The van der Waals surface area contributed by atoms with E-state index in [0.29, 0.717) is 25.2 Å². The smallest absolute Gasteiger partial charge is 0.306 e. The first-order valence-electron chi connectivity index (χ1n) is 4.34. The van der Waals surface area contributed by atoms with Gasteiger partial charge in [-0.2, -0.15) is 5.10 Å². The molecular weight excluding hydrogens is 184 g/mol. The van der Waals surface area contributed by atoms with Gasteiger partial charge in [0.1, 0.15) is 0 Å². The van der Waals surface area contributed by atoms with Crippen molar-refractivity contribution in [3.63, 3.8) is 0 Å². The first-order valence-corrected chi connectivity index (χ1v) is 4.34. The van der Waals surface area contributed by atoms with Gasteiger partial charge in [-0.05, 0) is 20.3 Å². The van der Waals surface area contributed by atoms with Crippen molar-refractivity contribution < 1.29 is 9.53 Å². The van der Waals surface area contributed by atoms with Crippen molar-refractivity contribution in [2.45, 2.75) is 26.7 Å². The van der Waals surface area contributed by atoms with Crippen molar-refractivity contribution in [2.75, 3.05) is 6.61 Å². The Morgan fingerprint density at radius 1 is 1.29 bits per heavy atom. The number of nitrogens with two attached hydrogens (primary N) is 2. The van der Waals surface area contributed by atoms with E-state index in [4.69, 9.17) is 16.2 Å². The van der Waals surface area contributed by atoms with Gasteiger partial charge in [0, 0.05) is 5.71 Å². The summed E-state index contributed by atoms with van der Waals surface area (Å²) in [6.07, 6.45) is 0.790. The Morgan fingerprint density at radius 2 is 1.93 bits per heavy atom. The fourth-order valence-corrected chi connectivity index (χ4v) is 0.709. The van der Waals surface area contributed by atoms with Gasteiger partial charge in [-0.1, -0.05) is 0 Å². The molecule has 0 heterocycles. The van der Waals surface area contributed by atoms with Gasteiger partial charge in [0.2, 0.25) is 5.96 Å². The summed E-state index contributed by atoms with van der Waals surface area (Å²) in [5.41, 5.74) is 10.8. The van der Waals surface area contributed by atoms with Crippen molar-refractivity contribution in [3.05, 3.63) is 0 Å². The van der Waals surface area contributed by atoms with Crippen LogP contribution in [0.1, 0.15) is 26.7 Å². The Bertz CT molecular complexity index is 244. The summed E-state index contributed by atoms with van der Waals surface area (Å²) in [5.74, 6) is -0.341. The number of guanidine groups is 1. The van der Waals surface area contributed by atoms with E-state index < -0.39 is 0 Å². The standard InChI is InChI=1S/C8H16N4O2/c1-3-14-7(13)5-4-6(2)11-12-8(9)10/h3-5H2,1-2H3,(H4,9,10,12)/b11-6+. The highest BCUT2D eigenvalue weighted by Crippen LogP contribution is 1.96. The van der Waals surface area contributed by atoms with Crippen LogP contribution < -0.4 is 11.5 Å².